The van der Waals surface area contributed by atoms with E-state index in [0.29, 0.717) is 6.04 Å². The van der Waals surface area contributed by atoms with Gasteiger partial charge in [0.1, 0.15) is 0 Å². The number of benzene rings is 2. The second kappa shape index (κ2) is 7.40. The number of aromatic amines is 1. The molecule has 1 heterocycles. The Balaban J connectivity index is 1.45. The first-order chi connectivity index (χ1) is 12.3. The van der Waals surface area contributed by atoms with Crippen LogP contribution in [0.25, 0.3) is 22.2 Å². The zero-order valence-electron chi connectivity index (χ0n) is 15.0. The Morgan fingerprint density at radius 2 is 1.92 bits per heavy atom. The van der Waals surface area contributed by atoms with Crippen LogP contribution in [0.2, 0.25) is 0 Å². The van der Waals surface area contributed by atoms with Gasteiger partial charge >= 0.3 is 0 Å². The topological polar surface area (TPSA) is 40.7 Å². The normalized spacial score (nSPS) is 17.0. The van der Waals surface area contributed by atoms with E-state index < -0.39 is 0 Å². The predicted octanol–water partition coefficient (Wildman–Crippen LogP) is 5.29. The van der Waals surface area contributed by atoms with Gasteiger partial charge in [-0.1, -0.05) is 43.5 Å². The molecule has 0 spiro atoms. The van der Waals surface area contributed by atoms with Crippen molar-refractivity contribution >= 4 is 11.0 Å². The molecule has 0 aliphatic heterocycles. The number of hydrogen-bond acceptors (Lipinski definition) is 2. The van der Waals surface area contributed by atoms with Crippen molar-refractivity contribution in [2.75, 3.05) is 0 Å². The summed E-state index contributed by atoms with van der Waals surface area (Å²) in [6.45, 7) is 3.29. The van der Waals surface area contributed by atoms with E-state index in [4.69, 9.17) is 0 Å². The molecule has 1 aliphatic carbocycles. The lowest BCUT2D eigenvalue weighted by Gasteiger charge is -2.28. The molecule has 0 bridgehead atoms. The summed E-state index contributed by atoms with van der Waals surface area (Å²) in [4.78, 5) is 7.52. The molecule has 3 nitrogen and oxygen atoms in total. The third-order valence-electron chi connectivity index (χ3n) is 5.67. The fourth-order valence-corrected chi connectivity index (χ4v) is 4.05. The first-order valence-corrected chi connectivity index (χ1v) is 9.55. The van der Waals surface area contributed by atoms with E-state index >= 15 is 0 Å². The molecule has 0 amide bonds. The molecule has 2 aromatic carbocycles. The summed E-state index contributed by atoms with van der Waals surface area (Å²) in [7, 11) is 0. The fraction of sp³-hybridized carbons (Fsp3) is 0.409. The van der Waals surface area contributed by atoms with E-state index in [-0.39, 0.29) is 0 Å². The van der Waals surface area contributed by atoms with Gasteiger partial charge in [0.25, 0.3) is 0 Å². The van der Waals surface area contributed by atoms with Crippen LogP contribution in [-0.4, -0.2) is 16.0 Å². The molecule has 0 unspecified atom stereocenters. The van der Waals surface area contributed by atoms with Gasteiger partial charge in [-0.2, -0.15) is 0 Å². The van der Waals surface area contributed by atoms with Crippen LogP contribution in [0.15, 0.2) is 48.8 Å². The minimum Gasteiger partial charge on any atom is -0.345 e. The minimum absolute atomic E-state index is 0.601. The van der Waals surface area contributed by atoms with E-state index in [1.807, 2.05) is 0 Å². The van der Waals surface area contributed by atoms with E-state index in [9.17, 15) is 0 Å². The Bertz CT molecular complexity index is 830. The second-order valence-corrected chi connectivity index (χ2v) is 7.40. The number of nitrogens with zero attached hydrogens (tertiary/aromatic N) is 1. The minimum atomic E-state index is 0.601. The van der Waals surface area contributed by atoms with Crippen molar-refractivity contribution in [3.63, 3.8) is 0 Å². The van der Waals surface area contributed by atoms with E-state index in [1.165, 1.54) is 48.8 Å². The van der Waals surface area contributed by atoms with Crippen LogP contribution in [0.1, 0.15) is 44.6 Å². The van der Waals surface area contributed by atoms with Gasteiger partial charge in [0.15, 0.2) is 0 Å². The number of hydrogen-bond donors (Lipinski definition) is 2. The average Bonchev–Trinajstić information content (AvgIpc) is 3.15. The Morgan fingerprint density at radius 3 is 2.80 bits per heavy atom. The van der Waals surface area contributed by atoms with Crippen molar-refractivity contribution in [3.8, 4) is 11.1 Å². The molecule has 4 rings (SSSR count). The second-order valence-electron chi connectivity index (χ2n) is 7.40. The lowest BCUT2D eigenvalue weighted by Crippen LogP contribution is -2.34. The smallest absolute Gasteiger partial charge is 0.0931 e. The number of H-pyrrole nitrogens is 1. The summed E-state index contributed by atoms with van der Waals surface area (Å²) in [5.41, 5.74) is 5.94. The summed E-state index contributed by atoms with van der Waals surface area (Å²) in [6, 6.07) is 15.9. The van der Waals surface area contributed by atoms with Crippen molar-refractivity contribution in [1.82, 2.24) is 15.3 Å². The fourth-order valence-electron chi connectivity index (χ4n) is 4.05. The Labute approximate surface area is 149 Å². The molecule has 0 saturated heterocycles. The van der Waals surface area contributed by atoms with Crippen LogP contribution < -0.4 is 5.32 Å². The summed E-state index contributed by atoms with van der Waals surface area (Å²) >= 11 is 0. The maximum atomic E-state index is 4.37. The summed E-state index contributed by atoms with van der Waals surface area (Å²) < 4.78 is 0. The maximum absolute atomic E-state index is 4.37. The van der Waals surface area contributed by atoms with Crippen LogP contribution in [0.3, 0.4) is 0 Å². The van der Waals surface area contributed by atoms with Crippen molar-refractivity contribution in [2.24, 2.45) is 5.92 Å². The summed E-state index contributed by atoms with van der Waals surface area (Å²) in [5, 5.41) is 3.76. The first-order valence-electron chi connectivity index (χ1n) is 9.55. The molecule has 3 heteroatoms. The molecular formula is C22H27N3. The number of rotatable bonds is 5. The first kappa shape index (κ1) is 16.3. The van der Waals surface area contributed by atoms with Gasteiger partial charge in [0.2, 0.25) is 0 Å². The van der Waals surface area contributed by atoms with Crippen LogP contribution in [0, 0.1) is 5.92 Å². The number of aromatic nitrogens is 2. The Kier molecular flexibility index (Phi) is 4.84. The highest BCUT2D eigenvalue weighted by Crippen LogP contribution is 2.27. The number of fused-ring (bicyclic) bond motifs is 1. The van der Waals surface area contributed by atoms with Gasteiger partial charge in [-0.05, 0) is 60.6 Å². The van der Waals surface area contributed by atoms with Crippen molar-refractivity contribution in [2.45, 2.75) is 51.6 Å². The SMILES string of the molecule is C[C@H](NCc1cccc(-c2ccc3[nH]cnc3c2)c1)C1CCCCC1. The molecule has 1 fully saturated rings. The largest absolute Gasteiger partial charge is 0.345 e. The molecule has 130 valence electrons. The van der Waals surface area contributed by atoms with Gasteiger partial charge in [-0.15, -0.1) is 0 Å². The Morgan fingerprint density at radius 1 is 1.08 bits per heavy atom. The summed E-state index contributed by atoms with van der Waals surface area (Å²) in [5.74, 6) is 0.846. The van der Waals surface area contributed by atoms with Gasteiger partial charge in [0.05, 0.1) is 17.4 Å². The van der Waals surface area contributed by atoms with Gasteiger partial charge in [-0.25, -0.2) is 4.98 Å². The van der Waals surface area contributed by atoms with Crippen LogP contribution >= 0.6 is 0 Å². The highest BCUT2D eigenvalue weighted by atomic mass is 14.9. The Hall–Kier alpha value is -2.13. The third kappa shape index (κ3) is 3.77. The zero-order chi connectivity index (χ0) is 17.1. The molecule has 1 aromatic heterocycles. The monoisotopic (exact) mass is 333 g/mol. The van der Waals surface area contributed by atoms with Gasteiger partial charge in [-0.3, -0.25) is 0 Å². The van der Waals surface area contributed by atoms with Crippen LogP contribution in [0.5, 0.6) is 0 Å². The quantitative estimate of drug-likeness (QED) is 0.666. The van der Waals surface area contributed by atoms with Gasteiger partial charge in [0, 0.05) is 12.6 Å². The average molecular weight is 333 g/mol. The van der Waals surface area contributed by atoms with Crippen molar-refractivity contribution < 1.29 is 0 Å². The van der Waals surface area contributed by atoms with Crippen LogP contribution in [0.4, 0.5) is 0 Å². The highest BCUT2D eigenvalue weighted by Gasteiger charge is 2.19. The van der Waals surface area contributed by atoms with Gasteiger partial charge < -0.3 is 10.3 Å². The molecule has 3 aromatic rings. The predicted molar refractivity (Wildman–Crippen MR) is 104 cm³/mol. The molecular weight excluding hydrogens is 306 g/mol. The third-order valence-corrected chi connectivity index (χ3v) is 5.67. The number of imidazole rings is 1. The van der Waals surface area contributed by atoms with Crippen molar-refractivity contribution in [1.29, 1.82) is 0 Å². The van der Waals surface area contributed by atoms with E-state index in [2.05, 4.69) is 64.7 Å². The highest BCUT2D eigenvalue weighted by molar-refractivity contribution is 5.81. The molecule has 2 N–H and O–H groups in total. The lowest BCUT2D eigenvalue weighted by molar-refractivity contribution is 0.280. The van der Waals surface area contributed by atoms with E-state index in [1.54, 1.807) is 6.33 Å². The lowest BCUT2D eigenvalue weighted by atomic mass is 9.84. The van der Waals surface area contributed by atoms with Crippen LogP contribution in [-0.2, 0) is 6.54 Å². The summed E-state index contributed by atoms with van der Waals surface area (Å²) in [6.07, 6.45) is 8.76. The number of nitrogens with one attached hydrogen (secondary N) is 2. The molecule has 1 atom stereocenters. The van der Waals surface area contributed by atoms with Crippen molar-refractivity contribution in [3.05, 3.63) is 54.4 Å². The molecule has 1 saturated carbocycles. The molecule has 0 radical (unpaired) electrons. The molecule has 1 aliphatic rings. The maximum Gasteiger partial charge on any atom is 0.0931 e. The van der Waals surface area contributed by atoms with E-state index in [0.717, 1.165) is 23.5 Å². The zero-order valence-corrected chi connectivity index (χ0v) is 15.0. The molecule has 25 heavy (non-hydrogen) atoms. The standard InChI is InChI=1S/C22H27N3/c1-16(18-7-3-2-4-8-18)23-14-17-6-5-9-19(12-17)20-10-11-21-22(13-20)25-15-24-21/h5-6,9-13,15-16,18,23H,2-4,7-8,14H2,1H3,(H,24,25)/t16-/m0/s1.